The summed E-state index contributed by atoms with van der Waals surface area (Å²) in [5.41, 5.74) is 0. The lowest BCUT2D eigenvalue weighted by Crippen LogP contribution is -2.30. The minimum absolute atomic E-state index is 0.0705. The van der Waals surface area contributed by atoms with Gasteiger partial charge in [0.05, 0.1) is 6.42 Å². The van der Waals surface area contributed by atoms with E-state index in [1.54, 1.807) is 6.08 Å². The molecule has 0 fully saturated rings. The smallest absolute Gasteiger partial charge is 0.310 e. The third-order valence-corrected chi connectivity index (χ3v) is 9.73. The molecule has 1 atom stereocenters. The predicted molar refractivity (Wildman–Crippen MR) is 288 cm³/mol. The molecule has 0 aliphatic carbocycles. The van der Waals surface area contributed by atoms with Crippen LogP contribution in [0.2, 0.25) is 0 Å². The molecule has 6 nitrogen and oxygen atoms in total. The zero-order valence-corrected chi connectivity index (χ0v) is 42.1. The van der Waals surface area contributed by atoms with E-state index in [9.17, 15) is 14.4 Å². The Morgan fingerprint density at radius 2 is 0.582 bits per heavy atom. The molecule has 0 bridgehead atoms. The first-order valence-electron chi connectivity index (χ1n) is 25.6. The van der Waals surface area contributed by atoms with Crippen molar-refractivity contribution in [2.75, 3.05) is 13.2 Å². The maximum Gasteiger partial charge on any atom is 0.310 e. The van der Waals surface area contributed by atoms with E-state index in [0.717, 1.165) is 116 Å². The Morgan fingerprint density at radius 3 is 0.910 bits per heavy atom. The highest BCUT2D eigenvalue weighted by atomic mass is 16.6. The first-order valence-corrected chi connectivity index (χ1v) is 25.6. The standard InChI is InChI=1S/C61H90O6/c1-4-7-10-13-16-19-22-25-28-29-30-31-34-36-39-42-45-48-51-54-60(63)66-57-58(67-61(64)55-52-49-46-43-40-37-33-27-24-21-18-15-12-9-6-3)56-65-59(62)53-50-47-44-41-38-35-32-26-23-20-17-14-11-8-5-2/h7-12,16-21,25-28,30-33,36,38-41,43,49,52,58H,4-6,13-15,22-24,29,34-35,37,42,44-48,50-51,53-57H2,1-3H3/b10-7-,11-8-,12-9-,19-16-,20-17-,21-18-,28-25-,31-30-,32-26-,33-27-,39-36-,41-38-,43-40-,52-49-. The van der Waals surface area contributed by atoms with Gasteiger partial charge in [-0.3, -0.25) is 14.4 Å². The van der Waals surface area contributed by atoms with Crippen LogP contribution in [0.15, 0.2) is 170 Å². The van der Waals surface area contributed by atoms with Crippen molar-refractivity contribution in [3.63, 3.8) is 0 Å². The molecule has 0 spiro atoms. The van der Waals surface area contributed by atoms with Crippen molar-refractivity contribution in [1.29, 1.82) is 0 Å². The van der Waals surface area contributed by atoms with E-state index >= 15 is 0 Å². The molecular formula is C61H90O6. The summed E-state index contributed by atoms with van der Waals surface area (Å²) in [5.74, 6) is -1.18. The molecule has 0 aliphatic rings. The zero-order chi connectivity index (χ0) is 48.6. The summed E-state index contributed by atoms with van der Waals surface area (Å²) in [5, 5.41) is 0. The molecule has 0 radical (unpaired) electrons. The number of hydrogen-bond acceptors (Lipinski definition) is 6. The summed E-state index contributed by atoms with van der Waals surface area (Å²) in [6, 6.07) is 0. The molecule has 0 N–H and O–H groups in total. The van der Waals surface area contributed by atoms with Crippen LogP contribution >= 0.6 is 0 Å². The van der Waals surface area contributed by atoms with Gasteiger partial charge in [0, 0.05) is 12.8 Å². The van der Waals surface area contributed by atoms with Gasteiger partial charge in [0.25, 0.3) is 0 Å². The lowest BCUT2D eigenvalue weighted by molar-refractivity contribution is -0.166. The highest BCUT2D eigenvalue weighted by Gasteiger charge is 2.19. The van der Waals surface area contributed by atoms with Gasteiger partial charge in [-0.2, -0.15) is 0 Å². The van der Waals surface area contributed by atoms with Crippen LogP contribution in [0.4, 0.5) is 0 Å². The third kappa shape index (κ3) is 51.6. The number of hydrogen-bond donors (Lipinski definition) is 0. The van der Waals surface area contributed by atoms with Gasteiger partial charge in [-0.15, -0.1) is 0 Å². The average molecular weight is 919 g/mol. The van der Waals surface area contributed by atoms with Crippen LogP contribution in [-0.2, 0) is 28.6 Å². The first-order chi connectivity index (χ1) is 33.0. The summed E-state index contributed by atoms with van der Waals surface area (Å²) >= 11 is 0. The van der Waals surface area contributed by atoms with Crippen molar-refractivity contribution in [3.8, 4) is 0 Å². The molecule has 6 heteroatoms. The molecule has 0 aromatic heterocycles. The van der Waals surface area contributed by atoms with Crippen LogP contribution in [-0.4, -0.2) is 37.2 Å². The summed E-state index contributed by atoms with van der Waals surface area (Å²) in [6.07, 6.45) is 79.4. The Kier molecular flexibility index (Phi) is 49.2. The van der Waals surface area contributed by atoms with Crippen molar-refractivity contribution in [3.05, 3.63) is 170 Å². The highest BCUT2D eigenvalue weighted by molar-refractivity contribution is 5.72. The Hall–Kier alpha value is -5.23. The second-order valence-corrected chi connectivity index (χ2v) is 15.9. The largest absolute Gasteiger partial charge is 0.462 e. The molecule has 0 saturated heterocycles. The van der Waals surface area contributed by atoms with E-state index in [1.807, 2.05) is 6.08 Å². The van der Waals surface area contributed by atoms with Crippen LogP contribution in [0, 0.1) is 0 Å². The van der Waals surface area contributed by atoms with Crippen molar-refractivity contribution in [2.24, 2.45) is 0 Å². The topological polar surface area (TPSA) is 78.9 Å². The van der Waals surface area contributed by atoms with Gasteiger partial charge in [-0.25, -0.2) is 0 Å². The monoisotopic (exact) mass is 919 g/mol. The van der Waals surface area contributed by atoms with E-state index in [2.05, 4.69) is 179 Å². The van der Waals surface area contributed by atoms with Crippen LogP contribution in [0.1, 0.15) is 175 Å². The molecule has 67 heavy (non-hydrogen) atoms. The average Bonchev–Trinajstić information content (AvgIpc) is 3.33. The van der Waals surface area contributed by atoms with Crippen molar-refractivity contribution in [1.82, 2.24) is 0 Å². The highest BCUT2D eigenvalue weighted by Crippen LogP contribution is 2.09. The molecule has 0 amide bonds. The summed E-state index contributed by atoms with van der Waals surface area (Å²) in [4.78, 5) is 37.9. The fraction of sp³-hybridized carbons (Fsp3) is 0.492. The van der Waals surface area contributed by atoms with E-state index in [-0.39, 0.29) is 44.4 Å². The fourth-order valence-corrected chi connectivity index (χ4v) is 6.00. The summed E-state index contributed by atoms with van der Waals surface area (Å²) in [7, 11) is 0. The minimum atomic E-state index is -0.872. The Balaban J connectivity index is 4.67. The Labute approximate surface area is 409 Å². The van der Waals surface area contributed by atoms with Crippen molar-refractivity contribution >= 4 is 17.9 Å². The van der Waals surface area contributed by atoms with Crippen LogP contribution in [0.5, 0.6) is 0 Å². The van der Waals surface area contributed by atoms with E-state index < -0.39 is 12.1 Å². The Bertz CT molecular complexity index is 1620. The Morgan fingerprint density at radius 1 is 0.313 bits per heavy atom. The van der Waals surface area contributed by atoms with Crippen molar-refractivity contribution < 1.29 is 28.6 Å². The van der Waals surface area contributed by atoms with Gasteiger partial charge >= 0.3 is 17.9 Å². The lowest BCUT2D eigenvalue weighted by Gasteiger charge is -2.18. The third-order valence-electron chi connectivity index (χ3n) is 9.73. The molecule has 370 valence electrons. The van der Waals surface area contributed by atoms with Crippen molar-refractivity contribution in [2.45, 2.75) is 181 Å². The van der Waals surface area contributed by atoms with Gasteiger partial charge in [0.15, 0.2) is 6.10 Å². The van der Waals surface area contributed by atoms with Gasteiger partial charge in [0.1, 0.15) is 13.2 Å². The maximum atomic E-state index is 12.7. The number of unbranched alkanes of at least 4 members (excludes halogenated alkanes) is 5. The van der Waals surface area contributed by atoms with E-state index in [4.69, 9.17) is 14.2 Å². The van der Waals surface area contributed by atoms with E-state index in [1.165, 1.54) is 0 Å². The molecule has 0 aromatic carbocycles. The molecule has 1 unspecified atom stereocenters. The van der Waals surface area contributed by atoms with Crippen LogP contribution in [0.3, 0.4) is 0 Å². The normalized spacial score (nSPS) is 13.5. The quantitative estimate of drug-likeness (QED) is 0.0262. The summed E-state index contributed by atoms with van der Waals surface area (Å²) < 4.78 is 16.6. The van der Waals surface area contributed by atoms with Crippen LogP contribution < -0.4 is 0 Å². The number of carbonyl (C=O) groups excluding carboxylic acids is 3. The number of carbonyl (C=O) groups is 3. The second-order valence-electron chi connectivity index (χ2n) is 15.9. The van der Waals surface area contributed by atoms with Gasteiger partial charge < -0.3 is 14.2 Å². The molecular weight excluding hydrogens is 829 g/mol. The van der Waals surface area contributed by atoms with E-state index in [0.29, 0.717) is 19.3 Å². The fourth-order valence-electron chi connectivity index (χ4n) is 6.00. The van der Waals surface area contributed by atoms with Gasteiger partial charge in [-0.1, -0.05) is 197 Å². The minimum Gasteiger partial charge on any atom is -0.462 e. The second kappa shape index (κ2) is 53.4. The summed E-state index contributed by atoms with van der Waals surface area (Å²) in [6.45, 7) is 6.11. The number of ether oxygens (including phenoxy) is 3. The molecule has 0 rings (SSSR count). The van der Waals surface area contributed by atoms with Crippen LogP contribution in [0.25, 0.3) is 0 Å². The predicted octanol–water partition coefficient (Wildman–Crippen LogP) is 17.2. The number of allylic oxidation sites excluding steroid dienone is 27. The SMILES string of the molecule is CC/C=C\C/C=C\C/C=C\C/C=C\C/C=C\CCCCCC(=O)OCC(COC(=O)CCCC/C=C\C/C=C\C/C=C\C/C=C\CC)OC(=O)C/C=C\C/C=C\C/C=C\C/C=C\C/C=C\CC. The number of rotatable bonds is 43. The zero-order valence-electron chi connectivity index (χ0n) is 42.1. The molecule has 0 saturated carbocycles. The first kappa shape index (κ1) is 61.8. The maximum absolute atomic E-state index is 12.7. The lowest BCUT2D eigenvalue weighted by atomic mass is 10.1. The van der Waals surface area contributed by atoms with Gasteiger partial charge in [-0.05, 0) is 128 Å². The molecule has 0 aliphatic heterocycles. The van der Waals surface area contributed by atoms with Gasteiger partial charge in [0.2, 0.25) is 0 Å². The molecule has 0 heterocycles. The molecule has 0 aromatic rings. The number of esters is 3.